The van der Waals surface area contributed by atoms with Crippen molar-refractivity contribution in [3.8, 4) is 0 Å². The lowest BCUT2D eigenvalue weighted by Gasteiger charge is -2.04. The zero-order valence-corrected chi connectivity index (χ0v) is 15.2. The van der Waals surface area contributed by atoms with Crippen LogP contribution in [-0.4, -0.2) is 46.9 Å². The van der Waals surface area contributed by atoms with Crippen LogP contribution in [-0.2, 0) is 4.74 Å². The van der Waals surface area contributed by atoms with Gasteiger partial charge in [0.15, 0.2) is 16.6 Å². The molecule has 0 aliphatic carbocycles. The van der Waals surface area contributed by atoms with E-state index in [0.29, 0.717) is 23.0 Å². The minimum atomic E-state index is -0.541. The molecule has 0 radical (unpaired) electrons. The Balaban J connectivity index is 2.10. The van der Waals surface area contributed by atoms with Crippen molar-refractivity contribution < 1.29 is 23.8 Å². The van der Waals surface area contributed by atoms with E-state index < -0.39 is 11.9 Å². The van der Waals surface area contributed by atoms with Crippen molar-refractivity contribution in [3.63, 3.8) is 0 Å². The summed E-state index contributed by atoms with van der Waals surface area (Å²) in [6.45, 7) is 0.327. The number of benzene rings is 1. The van der Waals surface area contributed by atoms with E-state index in [1.165, 1.54) is 37.1 Å². The van der Waals surface area contributed by atoms with Crippen molar-refractivity contribution in [3.05, 3.63) is 34.2 Å². The summed E-state index contributed by atoms with van der Waals surface area (Å²) >= 11 is 4.29. The summed E-state index contributed by atoms with van der Waals surface area (Å²) in [4.78, 5) is 15.1. The molecule has 0 aliphatic heterocycles. The number of hydrogen-bond donors (Lipinski definition) is 3. The van der Waals surface area contributed by atoms with Crippen molar-refractivity contribution >= 4 is 45.3 Å². The maximum Gasteiger partial charge on any atom is 0.406 e. The highest BCUT2D eigenvalue weighted by Crippen LogP contribution is 2.24. The van der Waals surface area contributed by atoms with Gasteiger partial charge in [-0.2, -0.15) is 0 Å². The molecule has 2 rings (SSSR count). The molecule has 1 heterocycles. The largest absolute Gasteiger partial charge is 0.453 e. The number of methoxy groups -OCH3 is 1. The predicted octanol–water partition coefficient (Wildman–Crippen LogP) is 2.48. The summed E-state index contributed by atoms with van der Waals surface area (Å²) in [6, 6.07) is 4.10. The monoisotopic (exact) mass is 433 g/mol. The van der Waals surface area contributed by atoms with Gasteiger partial charge < -0.3 is 10.1 Å². The fourth-order valence-corrected chi connectivity index (χ4v) is 2.73. The number of alkyl carbamates (subject to hydrolysis) is 1. The number of thioether (sulfide) groups is 1. The fraction of sp³-hybridized carbons (Fsp3) is 0.231. The molecule has 0 unspecified atom stereocenters. The first kappa shape index (κ1) is 19.1. The molecule has 0 saturated heterocycles. The SMILES string of the molecule is COC(=O)NCCSc1nonc1C(=Nc1ccc(F)c(Br)c1)NO. The highest BCUT2D eigenvalue weighted by molar-refractivity contribution is 9.10. The molecule has 25 heavy (non-hydrogen) atoms. The van der Waals surface area contributed by atoms with Crippen molar-refractivity contribution in [2.45, 2.75) is 5.03 Å². The molecular weight excluding hydrogens is 421 g/mol. The number of nitrogens with zero attached hydrogens (tertiary/aromatic N) is 3. The lowest BCUT2D eigenvalue weighted by atomic mass is 10.3. The van der Waals surface area contributed by atoms with E-state index in [4.69, 9.17) is 0 Å². The topological polar surface area (TPSA) is 122 Å². The smallest absolute Gasteiger partial charge is 0.406 e. The van der Waals surface area contributed by atoms with Gasteiger partial charge in [-0.15, -0.1) is 0 Å². The van der Waals surface area contributed by atoms with Crippen LogP contribution in [0.15, 0.2) is 37.3 Å². The lowest BCUT2D eigenvalue weighted by Crippen LogP contribution is -2.25. The number of ether oxygens (including phenoxy) is 1. The Morgan fingerprint density at radius 1 is 1.52 bits per heavy atom. The first-order valence-electron chi connectivity index (χ1n) is 6.76. The van der Waals surface area contributed by atoms with Gasteiger partial charge in [0.1, 0.15) is 5.82 Å². The molecular formula is C13H13BrFN5O4S. The van der Waals surface area contributed by atoms with E-state index in [9.17, 15) is 14.4 Å². The number of amidine groups is 1. The van der Waals surface area contributed by atoms with E-state index >= 15 is 0 Å². The van der Waals surface area contributed by atoms with E-state index in [1.54, 1.807) is 0 Å². The normalized spacial score (nSPS) is 11.3. The summed E-state index contributed by atoms with van der Waals surface area (Å²) in [5.41, 5.74) is 2.46. The van der Waals surface area contributed by atoms with Crippen molar-refractivity contribution in [2.24, 2.45) is 4.99 Å². The quantitative estimate of drug-likeness (QED) is 0.209. The standard InChI is InChI=1S/C13H13BrFN5O4S/c1-23-13(21)16-4-5-25-12-10(19-24-20-12)11(18-22)17-7-2-3-9(15)8(14)6-7/h2-3,6,22H,4-5H2,1H3,(H,16,21)(H,17,18). The van der Waals surface area contributed by atoms with Crippen LogP contribution in [0, 0.1) is 5.82 Å². The number of carbonyl (C=O) groups excluding carboxylic acids is 1. The number of aliphatic imine (C=N–C) groups is 1. The number of rotatable bonds is 6. The zero-order chi connectivity index (χ0) is 18.2. The minimum absolute atomic E-state index is 0.0248. The zero-order valence-electron chi connectivity index (χ0n) is 12.8. The van der Waals surface area contributed by atoms with Gasteiger partial charge >= 0.3 is 6.09 Å². The number of amides is 1. The Hall–Kier alpha value is -2.18. The van der Waals surface area contributed by atoms with Crippen molar-refractivity contribution in [2.75, 3.05) is 19.4 Å². The van der Waals surface area contributed by atoms with Crippen LogP contribution in [0.25, 0.3) is 0 Å². The van der Waals surface area contributed by atoms with E-state index in [1.807, 2.05) is 5.48 Å². The molecule has 0 fully saturated rings. The van der Waals surface area contributed by atoms with E-state index in [0.717, 1.165) is 0 Å². The number of halogens is 2. The first-order chi connectivity index (χ1) is 12.0. The summed E-state index contributed by atoms with van der Waals surface area (Å²) in [5, 5.41) is 19.6. The van der Waals surface area contributed by atoms with E-state index in [-0.39, 0.29) is 16.0 Å². The highest BCUT2D eigenvalue weighted by Gasteiger charge is 2.17. The van der Waals surface area contributed by atoms with Gasteiger partial charge in [0.2, 0.25) is 0 Å². The van der Waals surface area contributed by atoms with Crippen LogP contribution < -0.4 is 10.8 Å². The minimum Gasteiger partial charge on any atom is -0.453 e. The third-order valence-electron chi connectivity index (χ3n) is 2.73. The van der Waals surface area contributed by atoms with Gasteiger partial charge in [-0.3, -0.25) is 10.7 Å². The lowest BCUT2D eigenvalue weighted by molar-refractivity contribution is 0.172. The first-order valence-corrected chi connectivity index (χ1v) is 8.54. The van der Waals surface area contributed by atoms with Crippen LogP contribution in [0.5, 0.6) is 0 Å². The number of nitrogens with one attached hydrogen (secondary N) is 2. The maximum atomic E-state index is 13.3. The number of carbonyl (C=O) groups is 1. The van der Waals surface area contributed by atoms with E-state index in [2.05, 4.69) is 45.9 Å². The van der Waals surface area contributed by atoms with Crippen molar-refractivity contribution in [1.29, 1.82) is 0 Å². The van der Waals surface area contributed by atoms with Crippen LogP contribution in [0.3, 0.4) is 0 Å². The molecule has 0 spiro atoms. The molecule has 9 nitrogen and oxygen atoms in total. The Labute approximate surface area is 154 Å². The van der Waals surface area contributed by atoms with Gasteiger partial charge in [0, 0.05) is 12.3 Å². The summed E-state index contributed by atoms with van der Waals surface area (Å²) in [5.74, 6) is -0.00462. The molecule has 1 aromatic carbocycles. The average Bonchev–Trinajstić information content (AvgIpc) is 3.07. The molecule has 12 heteroatoms. The molecule has 0 bridgehead atoms. The molecule has 2 aromatic rings. The Kier molecular flexibility index (Phi) is 7.16. The molecule has 0 saturated carbocycles. The summed E-state index contributed by atoms with van der Waals surface area (Å²) in [6.07, 6.45) is -0.541. The van der Waals surface area contributed by atoms with Gasteiger partial charge in [-0.05, 0) is 44.4 Å². The molecule has 1 amide bonds. The molecule has 1 aromatic heterocycles. The van der Waals surface area contributed by atoms with Crippen LogP contribution >= 0.6 is 27.7 Å². The van der Waals surface area contributed by atoms with Crippen molar-refractivity contribution in [1.82, 2.24) is 21.1 Å². The van der Waals surface area contributed by atoms with Crippen LogP contribution in [0.2, 0.25) is 0 Å². The number of aromatic nitrogens is 2. The van der Waals surface area contributed by atoms with Crippen LogP contribution in [0.4, 0.5) is 14.9 Å². The summed E-state index contributed by atoms with van der Waals surface area (Å²) < 4.78 is 22.6. The second kappa shape index (κ2) is 9.34. The number of hydrogen-bond acceptors (Lipinski definition) is 8. The third-order valence-corrected chi connectivity index (χ3v) is 4.29. The molecule has 134 valence electrons. The Morgan fingerprint density at radius 3 is 3.00 bits per heavy atom. The molecule has 0 atom stereocenters. The van der Waals surface area contributed by atoms with Gasteiger partial charge in [0.05, 0.1) is 17.3 Å². The van der Waals surface area contributed by atoms with Gasteiger partial charge in [-0.25, -0.2) is 18.8 Å². The highest BCUT2D eigenvalue weighted by atomic mass is 79.9. The van der Waals surface area contributed by atoms with Gasteiger partial charge in [0.25, 0.3) is 0 Å². The Bertz CT molecular complexity index is 773. The Morgan fingerprint density at radius 2 is 2.32 bits per heavy atom. The fourth-order valence-electron chi connectivity index (χ4n) is 1.61. The maximum absolute atomic E-state index is 13.3. The van der Waals surface area contributed by atoms with Gasteiger partial charge in [-0.1, -0.05) is 11.8 Å². The molecule has 3 N–H and O–H groups in total. The average molecular weight is 434 g/mol. The predicted molar refractivity (Wildman–Crippen MR) is 90.6 cm³/mol. The van der Waals surface area contributed by atoms with Crippen LogP contribution in [0.1, 0.15) is 5.69 Å². The third kappa shape index (κ3) is 5.41. The second-order valence-electron chi connectivity index (χ2n) is 4.36. The summed E-state index contributed by atoms with van der Waals surface area (Å²) in [7, 11) is 1.27. The number of hydroxylamine groups is 1. The second-order valence-corrected chi connectivity index (χ2v) is 6.29. The molecule has 0 aliphatic rings.